The number of benzene rings is 1. The van der Waals surface area contributed by atoms with E-state index in [1.165, 1.54) is 5.56 Å². The van der Waals surface area contributed by atoms with Crippen LogP contribution in [0.1, 0.15) is 26.3 Å². The fourth-order valence-electron chi connectivity index (χ4n) is 1.31. The summed E-state index contributed by atoms with van der Waals surface area (Å²) < 4.78 is 0. The Kier molecular flexibility index (Phi) is 4.17. The van der Waals surface area contributed by atoms with Crippen LogP contribution in [0.3, 0.4) is 0 Å². The maximum absolute atomic E-state index is 4.53. The van der Waals surface area contributed by atoms with E-state index in [4.69, 9.17) is 0 Å². The van der Waals surface area contributed by atoms with Crippen LogP contribution >= 0.6 is 0 Å². The summed E-state index contributed by atoms with van der Waals surface area (Å²) in [6, 6.07) is 10.3. The van der Waals surface area contributed by atoms with Crippen LogP contribution in [-0.4, -0.2) is 23.8 Å². The van der Waals surface area contributed by atoms with Crippen LogP contribution in [0, 0.1) is 0 Å². The summed E-state index contributed by atoms with van der Waals surface area (Å²) >= 11 is 0. The Bertz CT molecular complexity index is 286. The van der Waals surface area contributed by atoms with Crippen LogP contribution in [0.5, 0.6) is 0 Å². The molecule has 0 aliphatic carbocycles. The maximum atomic E-state index is 4.53. The quantitative estimate of drug-likeness (QED) is 0.526. The molecule has 0 aliphatic heterocycles. The molecule has 0 heterocycles. The second kappa shape index (κ2) is 5.43. The lowest BCUT2D eigenvalue weighted by Gasteiger charge is -2.15. The third kappa shape index (κ3) is 2.87. The normalized spacial score (nSPS) is 11.5. The summed E-state index contributed by atoms with van der Waals surface area (Å²) in [7, 11) is 0. The Morgan fingerprint density at radius 2 is 1.71 bits per heavy atom. The van der Waals surface area contributed by atoms with Crippen molar-refractivity contribution >= 4 is 5.71 Å². The second-order valence-corrected chi connectivity index (χ2v) is 3.19. The zero-order valence-corrected chi connectivity index (χ0v) is 9.20. The van der Waals surface area contributed by atoms with E-state index in [0.717, 1.165) is 18.8 Å². The molecule has 14 heavy (non-hydrogen) atoms. The van der Waals surface area contributed by atoms with E-state index in [9.17, 15) is 0 Å². The van der Waals surface area contributed by atoms with Gasteiger partial charge in [-0.2, -0.15) is 5.10 Å². The first-order valence-electron chi connectivity index (χ1n) is 5.13. The van der Waals surface area contributed by atoms with Crippen LogP contribution in [0.25, 0.3) is 0 Å². The van der Waals surface area contributed by atoms with Crippen LogP contribution in [0.15, 0.2) is 35.4 Å². The Hall–Kier alpha value is -1.31. The van der Waals surface area contributed by atoms with Crippen LogP contribution in [0.4, 0.5) is 0 Å². The van der Waals surface area contributed by atoms with Crippen molar-refractivity contribution in [3.63, 3.8) is 0 Å². The summed E-state index contributed by atoms with van der Waals surface area (Å²) in [6.45, 7) is 8.20. The molecule has 0 unspecified atom stereocenters. The van der Waals surface area contributed by atoms with Gasteiger partial charge in [-0.1, -0.05) is 30.3 Å². The monoisotopic (exact) mass is 190 g/mol. The standard InChI is InChI=1S/C12H18N2/c1-4-14(5-2)13-11(3)12-9-7-6-8-10-12/h6-10H,4-5H2,1-3H3. The minimum Gasteiger partial charge on any atom is -0.297 e. The van der Waals surface area contributed by atoms with Crippen LogP contribution in [-0.2, 0) is 0 Å². The summed E-state index contributed by atoms with van der Waals surface area (Å²) in [5, 5.41) is 6.59. The van der Waals surface area contributed by atoms with Crippen molar-refractivity contribution in [2.24, 2.45) is 5.10 Å². The van der Waals surface area contributed by atoms with E-state index in [1.807, 2.05) is 25.1 Å². The highest BCUT2D eigenvalue weighted by molar-refractivity contribution is 5.98. The van der Waals surface area contributed by atoms with E-state index in [-0.39, 0.29) is 0 Å². The molecule has 0 saturated heterocycles. The maximum Gasteiger partial charge on any atom is 0.0646 e. The molecule has 0 atom stereocenters. The molecule has 0 N–H and O–H groups in total. The topological polar surface area (TPSA) is 15.6 Å². The molecule has 0 amide bonds. The third-order valence-corrected chi connectivity index (χ3v) is 2.21. The van der Waals surface area contributed by atoms with Gasteiger partial charge in [-0.15, -0.1) is 0 Å². The number of hydrogen-bond donors (Lipinski definition) is 0. The SMILES string of the molecule is CCN(CC)N=C(C)c1ccccc1. The Balaban J connectivity index is 2.78. The molecule has 0 fully saturated rings. The zero-order chi connectivity index (χ0) is 10.4. The average molecular weight is 190 g/mol. The first kappa shape index (κ1) is 10.8. The molecule has 1 aromatic rings. The summed E-state index contributed by atoms with van der Waals surface area (Å²) in [4.78, 5) is 0. The first-order valence-corrected chi connectivity index (χ1v) is 5.13. The third-order valence-electron chi connectivity index (χ3n) is 2.21. The molecule has 2 nitrogen and oxygen atoms in total. The van der Waals surface area contributed by atoms with E-state index in [1.54, 1.807) is 0 Å². The van der Waals surface area contributed by atoms with E-state index in [2.05, 4.69) is 36.1 Å². The highest BCUT2D eigenvalue weighted by Gasteiger charge is 1.98. The predicted molar refractivity (Wildman–Crippen MR) is 61.6 cm³/mol. The molecule has 0 saturated carbocycles. The van der Waals surface area contributed by atoms with Gasteiger partial charge in [0.25, 0.3) is 0 Å². The van der Waals surface area contributed by atoms with E-state index < -0.39 is 0 Å². The smallest absolute Gasteiger partial charge is 0.0646 e. The van der Waals surface area contributed by atoms with Crippen LogP contribution < -0.4 is 0 Å². The Labute approximate surface area is 86.2 Å². The lowest BCUT2D eigenvalue weighted by atomic mass is 10.1. The Morgan fingerprint density at radius 3 is 2.21 bits per heavy atom. The predicted octanol–water partition coefficient (Wildman–Crippen LogP) is 2.75. The van der Waals surface area contributed by atoms with Gasteiger partial charge in [0.15, 0.2) is 0 Å². The Morgan fingerprint density at radius 1 is 1.14 bits per heavy atom. The van der Waals surface area contributed by atoms with Crippen molar-refractivity contribution in [3.8, 4) is 0 Å². The molecule has 0 spiro atoms. The molecule has 1 rings (SSSR count). The van der Waals surface area contributed by atoms with Gasteiger partial charge in [0, 0.05) is 13.1 Å². The fraction of sp³-hybridized carbons (Fsp3) is 0.417. The average Bonchev–Trinajstić information content (AvgIpc) is 2.26. The van der Waals surface area contributed by atoms with Gasteiger partial charge >= 0.3 is 0 Å². The number of hydrogen-bond acceptors (Lipinski definition) is 2. The van der Waals surface area contributed by atoms with Crippen molar-refractivity contribution in [2.45, 2.75) is 20.8 Å². The second-order valence-electron chi connectivity index (χ2n) is 3.19. The van der Waals surface area contributed by atoms with Gasteiger partial charge in [0.1, 0.15) is 0 Å². The number of hydrazone groups is 1. The molecule has 0 aliphatic rings. The zero-order valence-electron chi connectivity index (χ0n) is 9.20. The number of rotatable bonds is 4. The lowest BCUT2D eigenvalue weighted by Crippen LogP contribution is -2.18. The summed E-state index contributed by atoms with van der Waals surface area (Å²) in [5.41, 5.74) is 2.27. The lowest BCUT2D eigenvalue weighted by molar-refractivity contribution is 0.321. The number of nitrogens with zero attached hydrogens (tertiary/aromatic N) is 2. The van der Waals surface area contributed by atoms with Crippen molar-refractivity contribution in [2.75, 3.05) is 13.1 Å². The van der Waals surface area contributed by atoms with Crippen LogP contribution in [0.2, 0.25) is 0 Å². The molecular formula is C12H18N2. The highest BCUT2D eigenvalue weighted by Crippen LogP contribution is 2.02. The van der Waals surface area contributed by atoms with Gasteiger partial charge in [-0.25, -0.2) is 0 Å². The van der Waals surface area contributed by atoms with Gasteiger partial charge in [0.05, 0.1) is 5.71 Å². The molecule has 76 valence electrons. The summed E-state index contributed by atoms with van der Waals surface area (Å²) in [5.74, 6) is 0. The molecule has 0 aromatic heterocycles. The summed E-state index contributed by atoms with van der Waals surface area (Å²) in [6.07, 6.45) is 0. The molecule has 1 aromatic carbocycles. The molecule has 2 heteroatoms. The fourth-order valence-corrected chi connectivity index (χ4v) is 1.31. The van der Waals surface area contributed by atoms with Gasteiger partial charge in [-0.3, -0.25) is 5.01 Å². The van der Waals surface area contributed by atoms with Crippen molar-refractivity contribution in [1.29, 1.82) is 0 Å². The van der Waals surface area contributed by atoms with E-state index in [0.29, 0.717) is 0 Å². The van der Waals surface area contributed by atoms with Gasteiger partial charge in [-0.05, 0) is 26.3 Å². The largest absolute Gasteiger partial charge is 0.297 e. The minimum absolute atomic E-state index is 0.959. The molecule has 0 bridgehead atoms. The van der Waals surface area contributed by atoms with Crippen molar-refractivity contribution in [3.05, 3.63) is 35.9 Å². The van der Waals surface area contributed by atoms with Gasteiger partial charge in [0.2, 0.25) is 0 Å². The van der Waals surface area contributed by atoms with Crippen molar-refractivity contribution < 1.29 is 0 Å². The molecular weight excluding hydrogens is 172 g/mol. The minimum atomic E-state index is 0.959. The van der Waals surface area contributed by atoms with E-state index >= 15 is 0 Å². The molecule has 0 radical (unpaired) electrons. The highest BCUT2D eigenvalue weighted by atomic mass is 15.4. The van der Waals surface area contributed by atoms with Crippen molar-refractivity contribution in [1.82, 2.24) is 5.01 Å². The first-order chi connectivity index (χ1) is 6.77. The van der Waals surface area contributed by atoms with Gasteiger partial charge < -0.3 is 0 Å².